The molecule has 124 valence electrons. The number of furan rings is 1. The lowest BCUT2D eigenvalue weighted by atomic mass is 10.1. The summed E-state index contributed by atoms with van der Waals surface area (Å²) < 4.78 is 10.3. The SMILES string of the molecule is Cc1cc(=O)[nH]c2cc(NC(=O)c3cc(-c4ccco4)on3)ccc12. The Morgan fingerprint density at radius 3 is 2.84 bits per heavy atom. The Morgan fingerprint density at radius 1 is 1.16 bits per heavy atom. The van der Waals surface area contributed by atoms with Gasteiger partial charge in [-0.05, 0) is 36.8 Å². The molecular weight excluding hydrogens is 322 g/mol. The van der Waals surface area contributed by atoms with Crippen molar-refractivity contribution in [3.8, 4) is 11.5 Å². The van der Waals surface area contributed by atoms with Crippen molar-refractivity contribution in [1.82, 2.24) is 10.1 Å². The van der Waals surface area contributed by atoms with Crippen molar-refractivity contribution in [3.05, 3.63) is 70.3 Å². The van der Waals surface area contributed by atoms with Gasteiger partial charge in [0, 0.05) is 23.2 Å². The summed E-state index contributed by atoms with van der Waals surface area (Å²) >= 11 is 0. The lowest BCUT2D eigenvalue weighted by Gasteiger charge is -2.06. The fourth-order valence-electron chi connectivity index (χ4n) is 2.62. The van der Waals surface area contributed by atoms with Gasteiger partial charge in [-0.3, -0.25) is 9.59 Å². The van der Waals surface area contributed by atoms with Crippen molar-refractivity contribution in [2.24, 2.45) is 0 Å². The second-order valence-electron chi connectivity index (χ2n) is 5.58. The fourth-order valence-corrected chi connectivity index (χ4v) is 2.62. The minimum absolute atomic E-state index is 0.129. The van der Waals surface area contributed by atoms with Crippen LogP contribution >= 0.6 is 0 Å². The third-order valence-corrected chi connectivity index (χ3v) is 3.81. The van der Waals surface area contributed by atoms with Crippen LogP contribution in [0.25, 0.3) is 22.4 Å². The molecule has 1 aromatic carbocycles. The van der Waals surface area contributed by atoms with Crippen LogP contribution in [-0.4, -0.2) is 16.0 Å². The Morgan fingerprint density at radius 2 is 2.04 bits per heavy atom. The molecule has 0 aliphatic carbocycles. The van der Waals surface area contributed by atoms with Crippen LogP contribution in [0.15, 0.2) is 62.5 Å². The number of carbonyl (C=O) groups excluding carboxylic acids is 1. The molecule has 3 aromatic heterocycles. The third kappa shape index (κ3) is 2.83. The van der Waals surface area contributed by atoms with Gasteiger partial charge < -0.3 is 19.2 Å². The lowest BCUT2D eigenvalue weighted by Crippen LogP contribution is -2.12. The predicted octanol–water partition coefficient (Wildman–Crippen LogP) is 3.34. The molecular formula is C18H13N3O4. The summed E-state index contributed by atoms with van der Waals surface area (Å²) in [7, 11) is 0. The Bertz CT molecular complexity index is 1120. The topological polar surface area (TPSA) is 101 Å². The largest absolute Gasteiger partial charge is 0.461 e. The number of benzene rings is 1. The van der Waals surface area contributed by atoms with E-state index in [0.717, 1.165) is 10.9 Å². The van der Waals surface area contributed by atoms with E-state index < -0.39 is 5.91 Å². The summed E-state index contributed by atoms with van der Waals surface area (Å²) in [6.45, 7) is 1.86. The second-order valence-corrected chi connectivity index (χ2v) is 5.58. The first-order chi connectivity index (χ1) is 12.1. The second kappa shape index (κ2) is 5.79. The molecule has 0 atom stereocenters. The van der Waals surface area contributed by atoms with Crippen molar-refractivity contribution in [2.45, 2.75) is 6.92 Å². The van der Waals surface area contributed by atoms with Gasteiger partial charge >= 0.3 is 0 Å². The predicted molar refractivity (Wildman–Crippen MR) is 91.5 cm³/mol. The van der Waals surface area contributed by atoms with Gasteiger partial charge in [0.25, 0.3) is 5.91 Å². The van der Waals surface area contributed by atoms with E-state index in [1.807, 2.05) is 13.0 Å². The number of carbonyl (C=O) groups is 1. The van der Waals surface area contributed by atoms with Crippen LogP contribution in [0, 0.1) is 6.92 Å². The van der Waals surface area contributed by atoms with Crippen LogP contribution in [0.5, 0.6) is 0 Å². The molecule has 0 fully saturated rings. The van der Waals surface area contributed by atoms with Gasteiger partial charge in [0.05, 0.1) is 11.8 Å². The minimum Gasteiger partial charge on any atom is -0.461 e. The zero-order valence-corrected chi connectivity index (χ0v) is 13.2. The number of nitrogens with one attached hydrogen (secondary N) is 2. The van der Waals surface area contributed by atoms with E-state index in [4.69, 9.17) is 8.94 Å². The molecule has 0 aliphatic rings. The van der Waals surface area contributed by atoms with Crippen LogP contribution in [0.2, 0.25) is 0 Å². The first-order valence-electron chi connectivity index (χ1n) is 7.56. The number of pyridine rings is 1. The number of H-pyrrole nitrogens is 1. The zero-order chi connectivity index (χ0) is 17.4. The van der Waals surface area contributed by atoms with E-state index in [9.17, 15) is 9.59 Å². The lowest BCUT2D eigenvalue weighted by molar-refractivity contribution is 0.101. The quantitative estimate of drug-likeness (QED) is 0.598. The van der Waals surface area contributed by atoms with Gasteiger partial charge in [0.2, 0.25) is 11.3 Å². The first-order valence-corrected chi connectivity index (χ1v) is 7.56. The number of aryl methyl sites for hydroxylation is 1. The Labute approximate surface area is 141 Å². The highest BCUT2D eigenvalue weighted by molar-refractivity contribution is 6.04. The molecule has 0 saturated heterocycles. The number of nitrogens with zero attached hydrogens (tertiary/aromatic N) is 1. The van der Waals surface area contributed by atoms with E-state index in [2.05, 4.69) is 15.5 Å². The number of rotatable bonds is 3. The van der Waals surface area contributed by atoms with Crippen LogP contribution in [0.3, 0.4) is 0 Å². The normalized spacial score (nSPS) is 10.9. The molecule has 0 saturated carbocycles. The number of aromatic nitrogens is 2. The maximum Gasteiger partial charge on any atom is 0.277 e. The van der Waals surface area contributed by atoms with Gasteiger partial charge in [-0.15, -0.1) is 0 Å². The Hall–Kier alpha value is -3.61. The van der Waals surface area contributed by atoms with Crippen molar-refractivity contribution < 1.29 is 13.7 Å². The van der Waals surface area contributed by atoms with E-state index in [-0.39, 0.29) is 11.3 Å². The number of hydrogen-bond donors (Lipinski definition) is 2. The average molecular weight is 335 g/mol. The molecule has 0 bridgehead atoms. The molecule has 0 unspecified atom stereocenters. The number of amides is 1. The van der Waals surface area contributed by atoms with Crippen LogP contribution in [0.1, 0.15) is 16.1 Å². The average Bonchev–Trinajstić information content (AvgIpc) is 3.25. The number of aromatic amines is 1. The highest BCUT2D eigenvalue weighted by Crippen LogP contribution is 2.22. The van der Waals surface area contributed by atoms with Gasteiger partial charge in [-0.25, -0.2) is 0 Å². The van der Waals surface area contributed by atoms with Gasteiger partial charge in [-0.2, -0.15) is 0 Å². The van der Waals surface area contributed by atoms with E-state index >= 15 is 0 Å². The van der Waals surface area contributed by atoms with Crippen LogP contribution < -0.4 is 10.9 Å². The van der Waals surface area contributed by atoms with Gasteiger partial charge in [0.1, 0.15) is 0 Å². The molecule has 25 heavy (non-hydrogen) atoms. The maximum absolute atomic E-state index is 12.3. The van der Waals surface area contributed by atoms with E-state index in [0.29, 0.717) is 22.7 Å². The Balaban J connectivity index is 1.60. The molecule has 3 heterocycles. The summed E-state index contributed by atoms with van der Waals surface area (Å²) in [5.41, 5.74) is 2.01. The van der Waals surface area contributed by atoms with E-state index in [1.54, 1.807) is 24.3 Å². The van der Waals surface area contributed by atoms with Crippen molar-refractivity contribution in [3.63, 3.8) is 0 Å². The highest BCUT2D eigenvalue weighted by atomic mass is 16.5. The zero-order valence-electron chi connectivity index (χ0n) is 13.2. The molecule has 0 aliphatic heterocycles. The maximum atomic E-state index is 12.3. The Kier molecular flexibility index (Phi) is 3.46. The molecule has 1 amide bonds. The minimum atomic E-state index is -0.420. The van der Waals surface area contributed by atoms with E-state index in [1.165, 1.54) is 18.4 Å². The summed E-state index contributed by atoms with van der Waals surface area (Å²) in [6.07, 6.45) is 1.51. The molecule has 0 spiro atoms. The number of fused-ring (bicyclic) bond motifs is 1. The van der Waals surface area contributed by atoms with Crippen LogP contribution in [-0.2, 0) is 0 Å². The summed E-state index contributed by atoms with van der Waals surface area (Å²) in [5, 5.41) is 7.40. The number of anilines is 1. The standard InChI is InChI=1S/C18H13N3O4/c1-10-7-17(22)20-13-8-11(4-5-12(10)13)19-18(23)14-9-16(25-21-14)15-3-2-6-24-15/h2-9H,1H3,(H,19,23)(H,20,22). The van der Waals surface area contributed by atoms with Gasteiger partial charge in [0.15, 0.2) is 11.5 Å². The van der Waals surface area contributed by atoms with Crippen molar-refractivity contribution >= 4 is 22.5 Å². The molecule has 4 aromatic rings. The molecule has 7 nitrogen and oxygen atoms in total. The van der Waals surface area contributed by atoms with Gasteiger partial charge in [-0.1, -0.05) is 11.2 Å². The van der Waals surface area contributed by atoms with Crippen molar-refractivity contribution in [2.75, 3.05) is 5.32 Å². The summed E-state index contributed by atoms with van der Waals surface area (Å²) in [6, 6.07) is 11.8. The van der Waals surface area contributed by atoms with Crippen LogP contribution in [0.4, 0.5) is 5.69 Å². The van der Waals surface area contributed by atoms with Crippen molar-refractivity contribution in [1.29, 1.82) is 0 Å². The molecule has 0 radical (unpaired) electrons. The third-order valence-electron chi connectivity index (χ3n) is 3.81. The molecule has 7 heteroatoms. The smallest absolute Gasteiger partial charge is 0.277 e. The summed E-state index contributed by atoms with van der Waals surface area (Å²) in [5.74, 6) is 0.440. The number of hydrogen-bond acceptors (Lipinski definition) is 5. The first kappa shape index (κ1) is 14.9. The monoisotopic (exact) mass is 335 g/mol. The fraction of sp³-hybridized carbons (Fsp3) is 0.0556. The highest BCUT2D eigenvalue weighted by Gasteiger charge is 2.15. The molecule has 2 N–H and O–H groups in total. The summed E-state index contributed by atoms with van der Waals surface area (Å²) in [4.78, 5) is 26.7. The molecule has 4 rings (SSSR count).